The SMILES string of the molecule is Nc1cc(NCc2cccnc2)nc(C(F)(F)F)n1. The highest BCUT2D eigenvalue weighted by Gasteiger charge is 2.35. The van der Waals surface area contributed by atoms with Crippen LogP contribution in [0.3, 0.4) is 0 Å². The molecule has 0 aliphatic heterocycles. The van der Waals surface area contributed by atoms with Crippen LogP contribution in [0.5, 0.6) is 0 Å². The molecule has 0 amide bonds. The molecule has 2 rings (SSSR count). The Bertz CT molecular complexity index is 556. The molecule has 8 heteroatoms. The van der Waals surface area contributed by atoms with Crippen molar-refractivity contribution in [2.45, 2.75) is 12.7 Å². The minimum absolute atomic E-state index is 0.0173. The van der Waals surface area contributed by atoms with Crippen molar-refractivity contribution in [1.82, 2.24) is 15.0 Å². The topological polar surface area (TPSA) is 76.7 Å². The lowest BCUT2D eigenvalue weighted by atomic mass is 10.3. The van der Waals surface area contributed by atoms with Crippen LogP contribution >= 0.6 is 0 Å². The summed E-state index contributed by atoms with van der Waals surface area (Å²) in [5, 5.41) is 2.74. The van der Waals surface area contributed by atoms with Crippen molar-refractivity contribution in [2.24, 2.45) is 0 Å². The predicted octanol–water partition coefficient (Wildman–Crippen LogP) is 2.08. The van der Waals surface area contributed by atoms with E-state index in [0.29, 0.717) is 6.54 Å². The van der Waals surface area contributed by atoms with Crippen LogP contribution in [-0.2, 0) is 12.7 Å². The Morgan fingerprint density at radius 1 is 1.26 bits per heavy atom. The summed E-state index contributed by atoms with van der Waals surface area (Å²) in [6.07, 6.45) is -1.42. The molecule has 2 aromatic rings. The van der Waals surface area contributed by atoms with E-state index in [-0.39, 0.29) is 11.6 Å². The highest BCUT2D eigenvalue weighted by Crippen LogP contribution is 2.27. The van der Waals surface area contributed by atoms with Crippen LogP contribution in [-0.4, -0.2) is 15.0 Å². The maximum atomic E-state index is 12.5. The van der Waals surface area contributed by atoms with Crippen molar-refractivity contribution >= 4 is 11.6 Å². The van der Waals surface area contributed by atoms with Crippen molar-refractivity contribution in [3.63, 3.8) is 0 Å². The van der Waals surface area contributed by atoms with Gasteiger partial charge < -0.3 is 11.1 Å². The van der Waals surface area contributed by atoms with E-state index in [1.54, 1.807) is 24.5 Å². The fraction of sp³-hybridized carbons (Fsp3) is 0.182. The van der Waals surface area contributed by atoms with Crippen LogP contribution in [0.1, 0.15) is 11.4 Å². The maximum Gasteiger partial charge on any atom is 0.451 e. The Balaban J connectivity index is 2.15. The molecule has 0 bridgehead atoms. The number of hydrogen-bond donors (Lipinski definition) is 2. The maximum absolute atomic E-state index is 12.5. The largest absolute Gasteiger partial charge is 0.451 e. The van der Waals surface area contributed by atoms with Crippen LogP contribution in [0, 0.1) is 0 Å². The van der Waals surface area contributed by atoms with Gasteiger partial charge in [0.05, 0.1) is 0 Å². The van der Waals surface area contributed by atoms with Crippen molar-refractivity contribution in [3.05, 3.63) is 42.0 Å². The molecule has 0 aromatic carbocycles. The monoisotopic (exact) mass is 269 g/mol. The number of hydrogen-bond acceptors (Lipinski definition) is 5. The number of nitrogens with zero attached hydrogens (tertiary/aromatic N) is 3. The third kappa shape index (κ3) is 3.54. The lowest BCUT2D eigenvalue weighted by Crippen LogP contribution is -2.14. The van der Waals surface area contributed by atoms with Gasteiger partial charge in [-0.15, -0.1) is 0 Å². The molecule has 0 atom stereocenters. The van der Waals surface area contributed by atoms with E-state index in [1.165, 1.54) is 6.07 Å². The average Bonchev–Trinajstić information content (AvgIpc) is 2.36. The van der Waals surface area contributed by atoms with Crippen molar-refractivity contribution in [1.29, 1.82) is 0 Å². The first-order chi connectivity index (χ1) is 8.95. The van der Waals surface area contributed by atoms with E-state index in [0.717, 1.165) is 5.56 Å². The molecule has 100 valence electrons. The molecule has 0 aliphatic carbocycles. The lowest BCUT2D eigenvalue weighted by Gasteiger charge is -2.10. The first kappa shape index (κ1) is 13.1. The minimum Gasteiger partial charge on any atom is -0.384 e. The molecule has 2 heterocycles. The van der Waals surface area contributed by atoms with Crippen LogP contribution < -0.4 is 11.1 Å². The van der Waals surface area contributed by atoms with Crippen LogP contribution in [0.2, 0.25) is 0 Å². The van der Waals surface area contributed by atoms with Gasteiger partial charge in [-0.05, 0) is 11.6 Å². The molecule has 0 aliphatic rings. The fourth-order valence-corrected chi connectivity index (χ4v) is 1.38. The lowest BCUT2D eigenvalue weighted by molar-refractivity contribution is -0.144. The van der Waals surface area contributed by atoms with Crippen LogP contribution in [0.15, 0.2) is 30.6 Å². The summed E-state index contributed by atoms with van der Waals surface area (Å²) in [5.74, 6) is -1.49. The number of aromatic nitrogens is 3. The zero-order valence-electron chi connectivity index (χ0n) is 9.65. The molecule has 0 unspecified atom stereocenters. The zero-order chi connectivity index (χ0) is 13.9. The van der Waals surface area contributed by atoms with Gasteiger partial charge in [0.15, 0.2) is 0 Å². The Morgan fingerprint density at radius 3 is 2.68 bits per heavy atom. The number of pyridine rings is 1. The van der Waals surface area contributed by atoms with Gasteiger partial charge in [0.25, 0.3) is 0 Å². The van der Waals surface area contributed by atoms with E-state index in [2.05, 4.69) is 20.3 Å². The van der Waals surface area contributed by atoms with Crippen molar-refractivity contribution in [3.8, 4) is 0 Å². The van der Waals surface area contributed by atoms with Crippen molar-refractivity contribution in [2.75, 3.05) is 11.1 Å². The Morgan fingerprint density at radius 2 is 2.05 bits per heavy atom. The van der Waals surface area contributed by atoms with Gasteiger partial charge >= 0.3 is 6.18 Å². The summed E-state index contributed by atoms with van der Waals surface area (Å²) in [5.41, 5.74) is 6.13. The van der Waals surface area contributed by atoms with Crippen LogP contribution in [0.25, 0.3) is 0 Å². The summed E-state index contributed by atoms with van der Waals surface area (Å²) >= 11 is 0. The molecule has 0 saturated carbocycles. The molecule has 3 N–H and O–H groups in total. The van der Waals surface area contributed by atoms with Crippen molar-refractivity contribution < 1.29 is 13.2 Å². The van der Waals surface area contributed by atoms with Gasteiger partial charge in [-0.2, -0.15) is 13.2 Å². The molecular formula is C11H10F3N5. The van der Waals surface area contributed by atoms with E-state index < -0.39 is 12.0 Å². The number of halogens is 3. The average molecular weight is 269 g/mol. The number of anilines is 2. The second-order valence-corrected chi connectivity index (χ2v) is 3.71. The molecule has 0 saturated heterocycles. The third-order valence-electron chi connectivity index (χ3n) is 2.20. The zero-order valence-corrected chi connectivity index (χ0v) is 9.65. The molecule has 5 nitrogen and oxygen atoms in total. The number of nitrogens with one attached hydrogen (secondary N) is 1. The summed E-state index contributed by atoms with van der Waals surface area (Å²) in [6.45, 7) is 0.293. The predicted molar refractivity (Wildman–Crippen MR) is 63.0 cm³/mol. The molecule has 0 radical (unpaired) electrons. The summed E-state index contributed by atoms with van der Waals surface area (Å²) < 4.78 is 37.5. The third-order valence-corrected chi connectivity index (χ3v) is 2.20. The van der Waals surface area contributed by atoms with E-state index in [4.69, 9.17) is 5.73 Å². The smallest absolute Gasteiger partial charge is 0.384 e. The van der Waals surface area contributed by atoms with E-state index >= 15 is 0 Å². The number of alkyl halides is 3. The number of rotatable bonds is 3. The normalized spacial score (nSPS) is 11.3. The summed E-state index contributed by atoms with van der Waals surface area (Å²) in [6, 6.07) is 4.76. The van der Waals surface area contributed by atoms with E-state index in [1.807, 2.05) is 0 Å². The summed E-state index contributed by atoms with van der Waals surface area (Å²) in [7, 11) is 0. The first-order valence-corrected chi connectivity index (χ1v) is 5.29. The quantitative estimate of drug-likeness (QED) is 0.892. The molecule has 19 heavy (non-hydrogen) atoms. The second kappa shape index (κ2) is 5.09. The fourth-order valence-electron chi connectivity index (χ4n) is 1.38. The van der Waals surface area contributed by atoms with Crippen LogP contribution in [0.4, 0.5) is 24.8 Å². The van der Waals surface area contributed by atoms with Gasteiger partial charge in [0.2, 0.25) is 5.82 Å². The first-order valence-electron chi connectivity index (χ1n) is 5.29. The number of nitrogen functional groups attached to an aromatic ring is 1. The molecule has 0 spiro atoms. The van der Waals surface area contributed by atoms with Gasteiger partial charge in [0, 0.05) is 25.0 Å². The second-order valence-electron chi connectivity index (χ2n) is 3.71. The van der Waals surface area contributed by atoms with Gasteiger partial charge in [-0.3, -0.25) is 4.98 Å². The minimum atomic E-state index is -4.62. The Hall–Kier alpha value is -2.38. The van der Waals surface area contributed by atoms with Gasteiger partial charge in [0.1, 0.15) is 11.6 Å². The van der Waals surface area contributed by atoms with Gasteiger partial charge in [-0.1, -0.05) is 6.07 Å². The molecular weight excluding hydrogens is 259 g/mol. The standard InChI is InChI=1S/C11H10F3N5/c12-11(13,14)10-18-8(15)4-9(19-10)17-6-7-2-1-3-16-5-7/h1-5H,6H2,(H3,15,17,18,19). The van der Waals surface area contributed by atoms with E-state index in [9.17, 15) is 13.2 Å². The molecule has 0 fully saturated rings. The summed E-state index contributed by atoms with van der Waals surface area (Å²) in [4.78, 5) is 10.4. The Labute approximate surface area is 106 Å². The highest BCUT2D eigenvalue weighted by molar-refractivity contribution is 5.45. The highest BCUT2D eigenvalue weighted by atomic mass is 19.4. The number of nitrogens with two attached hydrogens (primary N) is 1. The molecule has 2 aromatic heterocycles. The van der Waals surface area contributed by atoms with Gasteiger partial charge in [-0.25, -0.2) is 9.97 Å². The Kier molecular flexibility index (Phi) is 3.50.